The van der Waals surface area contributed by atoms with Crippen molar-refractivity contribution in [3.63, 3.8) is 0 Å². The molecule has 3 rings (SSSR count). The van der Waals surface area contributed by atoms with Crippen molar-refractivity contribution in [2.75, 3.05) is 19.6 Å². The van der Waals surface area contributed by atoms with Crippen LogP contribution in [0.25, 0.3) is 0 Å². The number of nitrogens with one attached hydrogen (secondary N) is 2. The van der Waals surface area contributed by atoms with E-state index < -0.39 is 6.04 Å². The van der Waals surface area contributed by atoms with Crippen molar-refractivity contribution in [3.05, 3.63) is 0 Å². The lowest BCUT2D eigenvalue weighted by Crippen LogP contribution is -2.70. The largest absolute Gasteiger partial charge is 0.342 e. The molecule has 4 amide bonds. The zero-order valence-electron chi connectivity index (χ0n) is 15.3. The third kappa shape index (κ3) is 4.07. The third-order valence-electron chi connectivity index (χ3n) is 5.57. The number of fused-ring (bicyclic) bond motifs is 1. The monoisotopic (exact) mass is 350 g/mol. The van der Waals surface area contributed by atoms with Crippen LogP contribution in [0.15, 0.2) is 0 Å². The van der Waals surface area contributed by atoms with Crippen LogP contribution < -0.4 is 10.6 Å². The number of rotatable bonds is 3. The van der Waals surface area contributed by atoms with Gasteiger partial charge in [0.2, 0.25) is 11.8 Å². The number of nitrogens with zero attached hydrogens (tertiary/aromatic N) is 2. The van der Waals surface area contributed by atoms with Crippen molar-refractivity contribution >= 4 is 17.8 Å². The fraction of sp³-hybridized carbons (Fsp3) is 0.833. The molecule has 0 aromatic rings. The summed E-state index contributed by atoms with van der Waals surface area (Å²) >= 11 is 0. The molecule has 7 heteroatoms. The summed E-state index contributed by atoms with van der Waals surface area (Å²) in [5.74, 6) is 0.444. The van der Waals surface area contributed by atoms with Gasteiger partial charge in [0.1, 0.15) is 12.1 Å². The molecule has 25 heavy (non-hydrogen) atoms. The lowest BCUT2D eigenvalue weighted by atomic mass is 9.84. The van der Waals surface area contributed by atoms with E-state index >= 15 is 0 Å². The highest BCUT2D eigenvalue weighted by atomic mass is 16.2. The number of piperazine rings is 2. The first-order chi connectivity index (χ1) is 12.0. The lowest BCUT2D eigenvalue weighted by Gasteiger charge is -2.45. The Morgan fingerprint density at radius 1 is 1.20 bits per heavy atom. The molecule has 1 saturated carbocycles. The van der Waals surface area contributed by atoms with E-state index in [4.69, 9.17) is 0 Å². The van der Waals surface area contributed by atoms with Crippen LogP contribution in [0.1, 0.15) is 52.4 Å². The molecule has 1 aliphatic carbocycles. The van der Waals surface area contributed by atoms with E-state index in [1.54, 1.807) is 9.80 Å². The van der Waals surface area contributed by atoms with Gasteiger partial charge in [-0.3, -0.25) is 9.59 Å². The van der Waals surface area contributed by atoms with Gasteiger partial charge in [0.05, 0.1) is 6.54 Å². The van der Waals surface area contributed by atoms with Crippen molar-refractivity contribution in [2.24, 2.45) is 5.92 Å². The van der Waals surface area contributed by atoms with Gasteiger partial charge < -0.3 is 20.4 Å². The summed E-state index contributed by atoms with van der Waals surface area (Å²) in [7, 11) is 0. The van der Waals surface area contributed by atoms with E-state index in [0.717, 1.165) is 19.3 Å². The highest BCUT2D eigenvalue weighted by molar-refractivity contribution is 5.97. The molecule has 2 saturated heterocycles. The van der Waals surface area contributed by atoms with Crippen molar-refractivity contribution in [1.82, 2.24) is 20.4 Å². The summed E-state index contributed by atoms with van der Waals surface area (Å²) in [5.41, 5.74) is 0. The highest BCUT2D eigenvalue weighted by Crippen LogP contribution is 2.29. The van der Waals surface area contributed by atoms with Gasteiger partial charge in [-0.1, -0.05) is 32.1 Å². The normalized spacial score (nSPS) is 28.0. The van der Waals surface area contributed by atoms with Crippen LogP contribution in [0.3, 0.4) is 0 Å². The molecule has 7 nitrogen and oxygen atoms in total. The maximum absolute atomic E-state index is 12.8. The van der Waals surface area contributed by atoms with Crippen LogP contribution in [-0.4, -0.2) is 65.4 Å². The van der Waals surface area contributed by atoms with E-state index in [2.05, 4.69) is 10.6 Å². The molecule has 0 aromatic heterocycles. The summed E-state index contributed by atoms with van der Waals surface area (Å²) in [6, 6.07) is -1.06. The molecular weight excluding hydrogens is 320 g/mol. The highest BCUT2D eigenvalue weighted by Gasteiger charge is 2.44. The van der Waals surface area contributed by atoms with Gasteiger partial charge >= 0.3 is 6.03 Å². The van der Waals surface area contributed by atoms with Gasteiger partial charge in [0.15, 0.2) is 0 Å². The second kappa shape index (κ2) is 7.62. The molecule has 2 unspecified atom stereocenters. The molecule has 0 aromatic carbocycles. The van der Waals surface area contributed by atoms with Crippen LogP contribution in [0, 0.1) is 5.92 Å². The van der Waals surface area contributed by atoms with Crippen LogP contribution in [0.5, 0.6) is 0 Å². The van der Waals surface area contributed by atoms with E-state index in [0.29, 0.717) is 19.0 Å². The van der Waals surface area contributed by atoms with Gasteiger partial charge in [0.25, 0.3) is 0 Å². The standard InChI is InChI=1S/C18H30N4O3/c1-12(2)19-18(25)21-8-9-22-15(11-21)16(23)20-14(17(22)24)10-13-6-4-3-5-7-13/h12-15H,3-11H2,1-2H3,(H,19,25)(H,20,23). The van der Waals surface area contributed by atoms with Gasteiger partial charge in [-0.05, 0) is 26.2 Å². The number of urea groups is 1. The maximum atomic E-state index is 12.8. The summed E-state index contributed by atoms with van der Waals surface area (Å²) in [6.45, 7) is 4.99. The number of hydrogen-bond donors (Lipinski definition) is 2. The predicted octanol–water partition coefficient (Wildman–Crippen LogP) is 1.09. The number of carbonyl (C=O) groups is 3. The average Bonchev–Trinajstić information content (AvgIpc) is 2.59. The van der Waals surface area contributed by atoms with Crippen molar-refractivity contribution in [3.8, 4) is 0 Å². The van der Waals surface area contributed by atoms with Crippen molar-refractivity contribution in [1.29, 1.82) is 0 Å². The topological polar surface area (TPSA) is 81.8 Å². The average molecular weight is 350 g/mol. The smallest absolute Gasteiger partial charge is 0.317 e. The molecule has 3 fully saturated rings. The SMILES string of the molecule is CC(C)NC(=O)N1CCN2C(=O)C(CC3CCCCC3)NC(=O)C2C1. The number of hydrogen-bond acceptors (Lipinski definition) is 3. The van der Waals surface area contributed by atoms with E-state index in [9.17, 15) is 14.4 Å². The quantitative estimate of drug-likeness (QED) is 0.799. The zero-order valence-corrected chi connectivity index (χ0v) is 15.3. The molecule has 0 spiro atoms. The fourth-order valence-corrected chi connectivity index (χ4v) is 4.24. The Labute approximate surface area is 149 Å². The van der Waals surface area contributed by atoms with Gasteiger partial charge in [-0.25, -0.2) is 4.79 Å². The van der Waals surface area contributed by atoms with E-state index in [1.807, 2.05) is 13.8 Å². The first kappa shape index (κ1) is 18.0. The first-order valence-electron chi connectivity index (χ1n) is 9.62. The molecular formula is C18H30N4O3. The lowest BCUT2D eigenvalue weighted by molar-refractivity contribution is -0.152. The number of amides is 4. The molecule has 2 heterocycles. The minimum atomic E-state index is -0.554. The Kier molecular flexibility index (Phi) is 5.49. The van der Waals surface area contributed by atoms with Gasteiger partial charge in [0, 0.05) is 19.1 Å². The van der Waals surface area contributed by atoms with Gasteiger partial charge in [-0.15, -0.1) is 0 Å². The van der Waals surface area contributed by atoms with Crippen LogP contribution in [-0.2, 0) is 9.59 Å². The Morgan fingerprint density at radius 3 is 2.60 bits per heavy atom. The Morgan fingerprint density at radius 2 is 1.92 bits per heavy atom. The minimum Gasteiger partial charge on any atom is -0.342 e. The molecule has 2 N–H and O–H groups in total. The molecule has 0 bridgehead atoms. The molecule has 0 radical (unpaired) electrons. The maximum Gasteiger partial charge on any atom is 0.317 e. The Balaban J connectivity index is 1.60. The van der Waals surface area contributed by atoms with Crippen LogP contribution >= 0.6 is 0 Å². The van der Waals surface area contributed by atoms with Crippen LogP contribution in [0.2, 0.25) is 0 Å². The van der Waals surface area contributed by atoms with Crippen LogP contribution in [0.4, 0.5) is 4.79 Å². The second-order valence-corrected chi connectivity index (χ2v) is 7.90. The second-order valence-electron chi connectivity index (χ2n) is 7.90. The van der Waals surface area contributed by atoms with Crippen molar-refractivity contribution in [2.45, 2.75) is 70.5 Å². The predicted molar refractivity (Wildman–Crippen MR) is 93.9 cm³/mol. The molecule has 2 aliphatic heterocycles. The van der Waals surface area contributed by atoms with Gasteiger partial charge in [-0.2, -0.15) is 0 Å². The summed E-state index contributed by atoms with van der Waals surface area (Å²) in [4.78, 5) is 40.9. The minimum absolute atomic E-state index is 0.0269. The summed E-state index contributed by atoms with van der Waals surface area (Å²) in [6.07, 6.45) is 6.81. The Bertz CT molecular complexity index is 530. The number of carbonyl (C=O) groups excluding carboxylic acids is 3. The van der Waals surface area contributed by atoms with E-state index in [1.165, 1.54) is 19.3 Å². The Hall–Kier alpha value is -1.79. The zero-order chi connectivity index (χ0) is 18.0. The van der Waals surface area contributed by atoms with Crippen molar-refractivity contribution < 1.29 is 14.4 Å². The summed E-state index contributed by atoms with van der Waals surface area (Å²) in [5, 5.41) is 5.77. The fourth-order valence-electron chi connectivity index (χ4n) is 4.24. The summed E-state index contributed by atoms with van der Waals surface area (Å²) < 4.78 is 0. The third-order valence-corrected chi connectivity index (χ3v) is 5.57. The van der Waals surface area contributed by atoms with E-state index in [-0.39, 0.29) is 36.5 Å². The molecule has 140 valence electrons. The molecule has 2 atom stereocenters. The first-order valence-corrected chi connectivity index (χ1v) is 9.62. The molecule has 3 aliphatic rings.